The molecule has 0 aromatic heterocycles. The van der Waals surface area contributed by atoms with Crippen molar-refractivity contribution < 1.29 is 19.4 Å². The molecule has 3 aliphatic rings. The molecule has 0 unspecified atom stereocenters. The maximum atomic E-state index is 12.4. The van der Waals surface area contributed by atoms with Crippen LogP contribution in [0, 0.1) is 23.7 Å². The highest BCUT2D eigenvalue weighted by Crippen LogP contribution is 2.47. The van der Waals surface area contributed by atoms with Gasteiger partial charge in [-0.1, -0.05) is 0 Å². The van der Waals surface area contributed by atoms with E-state index >= 15 is 0 Å². The van der Waals surface area contributed by atoms with Gasteiger partial charge in [-0.05, 0) is 69.3 Å². The van der Waals surface area contributed by atoms with Crippen molar-refractivity contribution in [2.24, 2.45) is 23.7 Å². The molecule has 1 heterocycles. The number of carbonyl (C=O) groups excluding carboxylic acids is 1. The van der Waals surface area contributed by atoms with E-state index in [1.54, 1.807) is 0 Å². The molecular formula is C18H29NO4. The molecule has 5 heteroatoms. The first-order valence-electron chi connectivity index (χ1n) is 9.12. The Labute approximate surface area is 138 Å². The van der Waals surface area contributed by atoms with Crippen LogP contribution in [0.3, 0.4) is 0 Å². The van der Waals surface area contributed by atoms with Crippen LogP contribution < -0.4 is 5.32 Å². The molecule has 0 bridgehead atoms. The van der Waals surface area contributed by atoms with Gasteiger partial charge < -0.3 is 19.9 Å². The fourth-order valence-corrected chi connectivity index (χ4v) is 3.45. The average Bonchev–Trinajstić information content (AvgIpc) is 3.44. The maximum absolute atomic E-state index is 12.4. The van der Waals surface area contributed by atoms with Crippen LogP contribution in [0.2, 0.25) is 0 Å². The summed E-state index contributed by atoms with van der Waals surface area (Å²) in [5, 5.41) is 12.1. The molecule has 0 aromatic rings. The van der Waals surface area contributed by atoms with Crippen molar-refractivity contribution in [3.05, 3.63) is 11.8 Å². The average molecular weight is 323 g/mol. The molecule has 2 N–H and O–H groups in total. The summed E-state index contributed by atoms with van der Waals surface area (Å²) in [4.78, 5) is 12.4. The normalized spacial score (nSPS) is 30.5. The minimum absolute atomic E-state index is 0.104. The van der Waals surface area contributed by atoms with E-state index in [-0.39, 0.29) is 24.7 Å². The highest BCUT2D eigenvalue weighted by atomic mass is 16.7. The third-order valence-corrected chi connectivity index (χ3v) is 5.10. The summed E-state index contributed by atoms with van der Waals surface area (Å²) in [6.45, 7) is 3.45. The fourth-order valence-electron chi connectivity index (χ4n) is 3.45. The standard InChI is InChI=1S/C18H29NO4/c1-2-22-18-14(4-3-9-20)15(13-7-8-13)10-16(23-18)17(21)19-11-12-5-6-12/h10,12-15,18,20H,2-9,11H2,1H3,(H,19,21)/t14-,15-,18-/m0/s1. The molecule has 3 atom stereocenters. The zero-order chi connectivity index (χ0) is 16.2. The molecule has 2 saturated carbocycles. The zero-order valence-electron chi connectivity index (χ0n) is 14.0. The van der Waals surface area contributed by atoms with Crippen molar-refractivity contribution in [1.82, 2.24) is 5.32 Å². The second kappa shape index (κ2) is 7.67. The van der Waals surface area contributed by atoms with Crippen LogP contribution >= 0.6 is 0 Å². The first-order valence-corrected chi connectivity index (χ1v) is 9.12. The van der Waals surface area contributed by atoms with Crippen molar-refractivity contribution in [1.29, 1.82) is 0 Å². The Balaban J connectivity index is 1.69. The third kappa shape index (κ3) is 4.48. The summed E-state index contributed by atoms with van der Waals surface area (Å²) in [5.74, 6) is 2.18. The SMILES string of the molecule is CCO[C@H]1OC(C(=O)NCC2CC2)=C[C@@H](C2CC2)[C@@H]1CCCO. The Hall–Kier alpha value is -1.07. The quantitative estimate of drug-likeness (QED) is 0.683. The summed E-state index contributed by atoms with van der Waals surface area (Å²) >= 11 is 0. The van der Waals surface area contributed by atoms with Gasteiger partial charge in [0.05, 0.1) is 0 Å². The van der Waals surface area contributed by atoms with E-state index in [9.17, 15) is 4.79 Å². The van der Waals surface area contributed by atoms with E-state index in [2.05, 4.69) is 5.32 Å². The Kier molecular flexibility index (Phi) is 5.59. The monoisotopic (exact) mass is 323 g/mol. The number of carbonyl (C=O) groups is 1. The number of rotatable bonds is 9. The number of ether oxygens (including phenoxy) is 2. The van der Waals surface area contributed by atoms with Crippen LogP contribution in [-0.4, -0.2) is 37.1 Å². The van der Waals surface area contributed by atoms with Gasteiger partial charge in [-0.25, -0.2) is 0 Å². The van der Waals surface area contributed by atoms with Gasteiger partial charge in [0.2, 0.25) is 6.29 Å². The van der Waals surface area contributed by atoms with Crippen LogP contribution in [-0.2, 0) is 14.3 Å². The molecule has 130 valence electrons. The lowest BCUT2D eigenvalue weighted by molar-refractivity contribution is -0.173. The molecule has 23 heavy (non-hydrogen) atoms. The lowest BCUT2D eigenvalue weighted by Crippen LogP contribution is -2.40. The van der Waals surface area contributed by atoms with E-state index < -0.39 is 0 Å². The van der Waals surface area contributed by atoms with Gasteiger partial charge in [0.1, 0.15) is 0 Å². The number of hydrogen-bond donors (Lipinski definition) is 2. The summed E-state index contributed by atoms with van der Waals surface area (Å²) in [5.41, 5.74) is 0. The lowest BCUT2D eigenvalue weighted by Gasteiger charge is -2.37. The molecule has 5 nitrogen and oxygen atoms in total. The molecule has 0 radical (unpaired) electrons. The number of aliphatic hydroxyl groups is 1. The second-order valence-corrected chi connectivity index (χ2v) is 7.07. The van der Waals surface area contributed by atoms with Crippen molar-refractivity contribution in [3.63, 3.8) is 0 Å². The first kappa shape index (κ1) is 16.8. The van der Waals surface area contributed by atoms with Gasteiger partial charge in [0.15, 0.2) is 5.76 Å². The van der Waals surface area contributed by atoms with Crippen molar-refractivity contribution in [2.45, 2.75) is 51.7 Å². The van der Waals surface area contributed by atoms with E-state index in [4.69, 9.17) is 14.6 Å². The van der Waals surface area contributed by atoms with Crippen LogP contribution in [0.5, 0.6) is 0 Å². The molecule has 0 saturated heterocycles. The van der Waals surface area contributed by atoms with Gasteiger partial charge in [0, 0.05) is 25.7 Å². The highest BCUT2D eigenvalue weighted by molar-refractivity contribution is 5.91. The molecule has 2 aliphatic carbocycles. The van der Waals surface area contributed by atoms with Crippen molar-refractivity contribution in [3.8, 4) is 0 Å². The summed E-state index contributed by atoms with van der Waals surface area (Å²) < 4.78 is 11.7. The van der Waals surface area contributed by atoms with Gasteiger partial charge in [-0.3, -0.25) is 4.79 Å². The van der Waals surface area contributed by atoms with Gasteiger partial charge in [-0.15, -0.1) is 0 Å². The summed E-state index contributed by atoms with van der Waals surface area (Å²) in [6, 6.07) is 0. The van der Waals surface area contributed by atoms with Crippen LogP contribution in [0.25, 0.3) is 0 Å². The molecule has 1 amide bonds. The Morgan fingerprint density at radius 1 is 1.39 bits per heavy atom. The minimum Gasteiger partial charge on any atom is -0.459 e. The van der Waals surface area contributed by atoms with Crippen LogP contribution in [0.1, 0.15) is 45.4 Å². The molecule has 2 fully saturated rings. The maximum Gasteiger partial charge on any atom is 0.286 e. The van der Waals surface area contributed by atoms with Gasteiger partial charge in [-0.2, -0.15) is 0 Å². The zero-order valence-corrected chi connectivity index (χ0v) is 14.0. The largest absolute Gasteiger partial charge is 0.459 e. The Morgan fingerprint density at radius 3 is 2.78 bits per heavy atom. The smallest absolute Gasteiger partial charge is 0.286 e. The first-order chi connectivity index (χ1) is 11.2. The van der Waals surface area contributed by atoms with Gasteiger partial charge >= 0.3 is 0 Å². The molecule has 3 rings (SSSR count). The number of allylic oxidation sites excluding steroid dienone is 1. The molecule has 0 spiro atoms. The van der Waals surface area contributed by atoms with Crippen molar-refractivity contribution in [2.75, 3.05) is 19.8 Å². The summed E-state index contributed by atoms with van der Waals surface area (Å²) in [7, 11) is 0. The van der Waals surface area contributed by atoms with Crippen molar-refractivity contribution >= 4 is 5.91 Å². The van der Waals surface area contributed by atoms with Crippen LogP contribution in [0.15, 0.2) is 11.8 Å². The predicted molar refractivity (Wildman–Crippen MR) is 86.3 cm³/mol. The number of nitrogens with one attached hydrogen (secondary N) is 1. The Morgan fingerprint density at radius 2 is 2.17 bits per heavy atom. The minimum atomic E-state index is -0.371. The number of aliphatic hydroxyl groups excluding tert-OH is 1. The topological polar surface area (TPSA) is 67.8 Å². The lowest BCUT2D eigenvalue weighted by atomic mass is 9.82. The Bertz CT molecular complexity index is 442. The van der Waals surface area contributed by atoms with Crippen LogP contribution in [0.4, 0.5) is 0 Å². The van der Waals surface area contributed by atoms with E-state index in [0.29, 0.717) is 30.1 Å². The van der Waals surface area contributed by atoms with E-state index in [1.165, 1.54) is 25.7 Å². The highest BCUT2D eigenvalue weighted by Gasteiger charge is 2.44. The fraction of sp³-hybridized carbons (Fsp3) is 0.833. The predicted octanol–water partition coefficient (Wildman–Crippen LogP) is 2.20. The number of amides is 1. The second-order valence-electron chi connectivity index (χ2n) is 7.07. The van der Waals surface area contributed by atoms with Gasteiger partial charge in [0.25, 0.3) is 5.91 Å². The molecule has 1 aliphatic heterocycles. The van der Waals surface area contributed by atoms with E-state index in [1.807, 2.05) is 13.0 Å². The molecular weight excluding hydrogens is 294 g/mol. The number of hydrogen-bond acceptors (Lipinski definition) is 4. The summed E-state index contributed by atoms with van der Waals surface area (Å²) in [6.07, 6.45) is 8.14. The third-order valence-electron chi connectivity index (χ3n) is 5.10. The molecule has 0 aromatic carbocycles. The van der Waals surface area contributed by atoms with E-state index in [0.717, 1.165) is 19.4 Å².